The number of halogens is 2. The molecule has 0 saturated heterocycles. The minimum Gasteiger partial charge on any atom is -0.375 e. The summed E-state index contributed by atoms with van der Waals surface area (Å²) in [6.45, 7) is -0.330. The smallest absolute Gasteiger partial charge is 0.261 e. The van der Waals surface area contributed by atoms with Gasteiger partial charge in [-0.3, -0.25) is 0 Å². The number of ether oxygens (including phenoxy) is 1. The SMILES string of the molecule is CNc1ccnc(CCOCC(F)F)n1. The Morgan fingerprint density at radius 3 is 3.00 bits per heavy atom. The predicted octanol–water partition coefficient (Wildman–Crippen LogP) is 1.34. The molecular formula is C9H13F2N3O. The second-order valence-electron chi connectivity index (χ2n) is 2.82. The van der Waals surface area contributed by atoms with Gasteiger partial charge in [0, 0.05) is 19.7 Å². The van der Waals surface area contributed by atoms with Crippen LogP contribution >= 0.6 is 0 Å². The predicted molar refractivity (Wildman–Crippen MR) is 52.1 cm³/mol. The molecule has 0 fully saturated rings. The van der Waals surface area contributed by atoms with Gasteiger partial charge in [-0.05, 0) is 6.07 Å². The monoisotopic (exact) mass is 217 g/mol. The van der Waals surface area contributed by atoms with E-state index in [4.69, 9.17) is 4.74 Å². The summed E-state index contributed by atoms with van der Waals surface area (Å²) in [4.78, 5) is 8.10. The van der Waals surface area contributed by atoms with Crippen molar-refractivity contribution in [3.05, 3.63) is 18.1 Å². The molecule has 1 aromatic rings. The Balaban J connectivity index is 2.30. The van der Waals surface area contributed by atoms with E-state index in [1.807, 2.05) is 0 Å². The number of alkyl halides is 2. The van der Waals surface area contributed by atoms with Crippen molar-refractivity contribution in [1.82, 2.24) is 9.97 Å². The molecule has 0 amide bonds. The molecule has 0 aliphatic heterocycles. The van der Waals surface area contributed by atoms with Crippen molar-refractivity contribution in [1.29, 1.82) is 0 Å². The lowest BCUT2D eigenvalue weighted by atomic mass is 10.4. The van der Waals surface area contributed by atoms with Gasteiger partial charge in [0.25, 0.3) is 6.43 Å². The second kappa shape index (κ2) is 6.23. The van der Waals surface area contributed by atoms with Crippen LogP contribution in [0.3, 0.4) is 0 Å². The summed E-state index contributed by atoms with van der Waals surface area (Å²) in [5.41, 5.74) is 0. The van der Waals surface area contributed by atoms with Gasteiger partial charge in [0.2, 0.25) is 0 Å². The van der Waals surface area contributed by atoms with Crippen molar-refractivity contribution in [2.75, 3.05) is 25.6 Å². The first-order valence-corrected chi connectivity index (χ1v) is 4.58. The second-order valence-corrected chi connectivity index (χ2v) is 2.82. The van der Waals surface area contributed by atoms with E-state index in [1.165, 1.54) is 0 Å². The molecule has 0 bridgehead atoms. The molecule has 0 spiro atoms. The van der Waals surface area contributed by atoms with Gasteiger partial charge in [-0.1, -0.05) is 0 Å². The number of hydrogen-bond donors (Lipinski definition) is 1. The number of nitrogens with one attached hydrogen (secondary N) is 1. The highest BCUT2D eigenvalue weighted by Crippen LogP contribution is 2.01. The summed E-state index contributed by atoms with van der Waals surface area (Å²) >= 11 is 0. The van der Waals surface area contributed by atoms with Crippen LogP contribution in [-0.4, -0.2) is 36.7 Å². The lowest BCUT2D eigenvalue weighted by Crippen LogP contribution is -2.09. The Bertz CT molecular complexity index is 296. The summed E-state index contributed by atoms with van der Waals surface area (Å²) in [5.74, 6) is 1.28. The van der Waals surface area contributed by atoms with Crippen LogP contribution < -0.4 is 5.32 Å². The topological polar surface area (TPSA) is 47.0 Å². The summed E-state index contributed by atoms with van der Waals surface area (Å²) in [6.07, 6.45) is -0.377. The van der Waals surface area contributed by atoms with E-state index < -0.39 is 13.0 Å². The van der Waals surface area contributed by atoms with Gasteiger partial charge in [0.1, 0.15) is 18.2 Å². The fourth-order valence-electron chi connectivity index (χ4n) is 0.995. The molecular weight excluding hydrogens is 204 g/mol. The van der Waals surface area contributed by atoms with Crippen LogP contribution in [0.5, 0.6) is 0 Å². The quantitative estimate of drug-likeness (QED) is 0.730. The van der Waals surface area contributed by atoms with Crippen molar-refractivity contribution in [3.8, 4) is 0 Å². The van der Waals surface area contributed by atoms with E-state index in [2.05, 4.69) is 15.3 Å². The van der Waals surface area contributed by atoms with Crippen molar-refractivity contribution in [2.45, 2.75) is 12.8 Å². The van der Waals surface area contributed by atoms with Gasteiger partial charge < -0.3 is 10.1 Å². The van der Waals surface area contributed by atoms with E-state index in [0.717, 1.165) is 0 Å². The van der Waals surface area contributed by atoms with E-state index in [-0.39, 0.29) is 6.61 Å². The van der Waals surface area contributed by atoms with Crippen molar-refractivity contribution >= 4 is 5.82 Å². The van der Waals surface area contributed by atoms with Gasteiger partial charge in [0.05, 0.1) is 6.61 Å². The normalized spacial score (nSPS) is 10.7. The third-order valence-electron chi connectivity index (χ3n) is 1.68. The van der Waals surface area contributed by atoms with Gasteiger partial charge in [-0.15, -0.1) is 0 Å². The zero-order valence-corrected chi connectivity index (χ0v) is 8.41. The maximum absolute atomic E-state index is 11.7. The van der Waals surface area contributed by atoms with Crippen LogP contribution in [0.15, 0.2) is 12.3 Å². The third kappa shape index (κ3) is 4.64. The Morgan fingerprint density at radius 1 is 1.53 bits per heavy atom. The van der Waals surface area contributed by atoms with Gasteiger partial charge in [-0.25, -0.2) is 18.7 Å². The molecule has 15 heavy (non-hydrogen) atoms. The van der Waals surface area contributed by atoms with E-state index >= 15 is 0 Å². The molecule has 0 radical (unpaired) electrons. The Morgan fingerprint density at radius 2 is 2.33 bits per heavy atom. The van der Waals surface area contributed by atoms with E-state index in [0.29, 0.717) is 18.1 Å². The highest BCUT2D eigenvalue weighted by molar-refractivity contribution is 5.31. The number of anilines is 1. The average Bonchev–Trinajstić information content (AvgIpc) is 2.24. The van der Waals surface area contributed by atoms with Crippen LogP contribution in [0.2, 0.25) is 0 Å². The molecule has 6 heteroatoms. The molecule has 84 valence electrons. The van der Waals surface area contributed by atoms with Crippen LogP contribution in [0.4, 0.5) is 14.6 Å². The number of aromatic nitrogens is 2. The lowest BCUT2D eigenvalue weighted by molar-refractivity contribution is 0.0183. The molecule has 1 N–H and O–H groups in total. The van der Waals surface area contributed by atoms with E-state index in [9.17, 15) is 8.78 Å². The zero-order valence-electron chi connectivity index (χ0n) is 8.41. The first-order valence-electron chi connectivity index (χ1n) is 4.58. The summed E-state index contributed by atoms with van der Waals surface area (Å²) in [5, 5.41) is 2.86. The highest BCUT2D eigenvalue weighted by Gasteiger charge is 2.03. The lowest BCUT2D eigenvalue weighted by Gasteiger charge is -2.04. The minimum atomic E-state index is -2.42. The van der Waals surface area contributed by atoms with Crippen LogP contribution in [0, 0.1) is 0 Å². The molecule has 0 saturated carbocycles. The van der Waals surface area contributed by atoms with Gasteiger partial charge in [-0.2, -0.15) is 0 Å². The van der Waals surface area contributed by atoms with Crippen molar-refractivity contribution < 1.29 is 13.5 Å². The summed E-state index contributed by atoms with van der Waals surface area (Å²) in [6, 6.07) is 1.73. The largest absolute Gasteiger partial charge is 0.375 e. The molecule has 0 aliphatic carbocycles. The van der Waals surface area contributed by atoms with Gasteiger partial charge in [0.15, 0.2) is 0 Å². The molecule has 4 nitrogen and oxygen atoms in total. The maximum Gasteiger partial charge on any atom is 0.261 e. The Kier molecular flexibility index (Phi) is 4.89. The standard InChI is InChI=1S/C9H13F2N3O/c1-12-8-2-4-13-9(14-8)3-5-15-6-7(10)11/h2,4,7H,3,5-6H2,1H3,(H,12,13,14). The van der Waals surface area contributed by atoms with Crippen LogP contribution in [0.25, 0.3) is 0 Å². The highest BCUT2D eigenvalue weighted by atomic mass is 19.3. The zero-order chi connectivity index (χ0) is 11.1. The maximum atomic E-state index is 11.7. The summed E-state index contributed by atoms with van der Waals surface area (Å²) in [7, 11) is 1.75. The molecule has 1 heterocycles. The Labute approximate surface area is 86.7 Å². The molecule has 1 rings (SSSR count). The van der Waals surface area contributed by atoms with E-state index in [1.54, 1.807) is 19.3 Å². The molecule has 1 aromatic heterocycles. The first kappa shape index (κ1) is 11.8. The van der Waals surface area contributed by atoms with Crippen LogP contribution in [0.1, 0.15) is 5.82 Å². The number of hydrogen-bond acceptors (Lipinski definition) is 4. The number of nitrogens with zero attached hydrogens (tertiary/aromatic N) is 2. The number of rotatable bonds is 6. The molecule has 0 aromatic carbocycles. The van der Waals surface area contributed by atoms with Crippen molar-refractivity contribution in [2.24, 2.45) is 0 Å². The Hall–Kier alpha value is -1.30. The fourth-order valence-corrected chi connectivity index (χ4v) is 0.995. The molecule has 0 aliphatic rings. The fraction of sp³-hybridized carbons (Fsp3) is 0.556. The molecule has 0 atom stereocenters. The average molecular weight is 217 g/mol. The van der Waals surface area contributed by atoms with Crippen molar-refractivity contribution in [3.63, 3.8) is 0 Å². The van der Waals surface area contributed by atoms with Crippen LogP contribution in [-0.2, 0) is 11.2 Å². The minimum absolute atomic E-state index is 0.206. The molecule has 0 unspecified atom stereocenters. The van der Waals surface area contributed by atoms with Gasteiger partial charge >= 0.3 is 0 Å². The summed E-state index contributed by atoms with van der Waals surface area (Å²) < 4.78 is 28.1. The first-order chi connectivity index (χ1) is 7.22. The third-order valence-corrected chi connectivity index (χ3v) is 1.68.